The van der Waals surface area contributed by atoms with Crippen molar-refractivity contribution in [2.45, 2.75) is 40.7 Å². The molecule has 1 aliphatic rings. The number of aromatic nitrogens is 2. The molecule has 0 aliphatic carbocycles. The minimum Gasteiger partial charge on any atom is -0.325 e. The maximum Gasteiger partial charge on any atom is 0.241 e. The highest BCUT2D eigenvalue weighted by Gasteiger charge is 2.27. The van der Waals surface area contributed by atoms with Gasteiger partial charge in [0, 0.05) is 38.9 Å². The number of benzene rings is 1. The Morgan fingerprint density at radius 2 is 1.74 bits per heavy atom. The Balaban J connectivity index is 1.49. The Hall–Kier alpha value is -2.71. The molecule has 0 radical (unpaired) electrons. The van der Waals surface area contributed by atoms with E-state index in [0.717, 1.165) is 60.1 Å². The molecule has 0 spiro atoms. The molecule has 2 heterocycles. The largest absolute Gasteiger partial charge is 0.325 e. The highest BCUT2D eigenvalue weighted by Crippen LogP contribution is 2.20. The van der Waals surface area contributed by atoms with E-state index >= 15 is 0 Å². The van der Waals surface area contributed by atoms with Crippen molar-refractivity contribution < 1.29 is 9.59 Å². The van der Waals surface area contributed by atoms with E-state index in [1.54, 1.807) is 4.68 Å². The number of carbonyl (C=O) groups is 2. The van der Waals surface area contributed by atoms with Gasteiger partial charge in [0.25, 0.3) is 0 Å². The van der Waals surface area contributed by atoms with Gasteiger partial charge in [-0.1, -0.05) is 12.1 Å². The van der Waals surface area contributed by atoms with E-state index in [-0.39, 0.29) is 17.9 Å². The minimum atomic E-state index is -0.245. The first-order valence-corrected chi connectivity index (χ1v) is 10.8. The summed E-state index contributed by atoms with van der Waals surface area (Å²) >= 11 is 0. The quantitative estimate of drug-likeness (QED) is 0.740. The summed E-state index contributed by atoms with van der Waals surface area (Å²) in [5.41, 5.74) is 5.68. The van der Waals surface area contributed by atoms with Crippen LogP contribution < -0.4 is 10.6 Å². The second kappa shape index (κ2) is 9.62. The summed E-state index contributed by atoms with van der Waals surface area (Å²) in [6.45, 7) is 13.2. The lowest BCUT2D eigenvalue weighted by atomic mass is 10.1. The maximum absolute atomic E-state index is 12.8. The SMILES string of the molecule is Cc1cccc(NC(=O)CN2CCN([C@@H](C)C(=O)Nc3c(C)nn(C)c3C)CC2)c1C. The summed E-state index contributed by atoms with van der Waals surface area (Å²) in [5, 5.41) is 10.4. The summed E-state index contributed by atoms with van der Waals surface area (Å²) in [6.07, 6.45) is 0. The van der Waals surface area contributed by atoms with E-state index in [1.165, 1.54) is 0 Å². The molecule has 1 saturated heterocycles. The highest BCUT2D eigenvalue weighted by molar-refractivity contribution is 5.95. The molecule has 2 aromatic rings. The Labute approximate surface area is 184 Å². The lowest BCUT2D eigenvalue weighted by Crippen LogP contribution is -2.53. The average molecular weight is 427 g/mol. The monoisotopic (exact) mass is 426 g/mol. The third-order valence-electron chi connectivity index (χ3n) is 6.34. The third-order valence-corrected chi connectivity index (χ3v) is 6.34. The maximum atomic E-state index is 12.8. The molecule has 1 aliphatic heterocycles. The van der Waals surface area contributed by atoms with Gasteiger partial charge in [-0.25, -0.2) is 0 Å². The van der Waals surface area contributed by atoms with Crippen molar-refractivity contribution in [3.63, 3.8) is 0 Å². The topological polar surface area (TPSA) is 82.5 Å². The molecule has 31 heavy (non-hydrogen) atoms. The van der Waals surface area contributed by atoms with Crippen molar-refractivity contribution in [3.8, 4) is 0 Å². The van der Waals surface area contributed by atoms with Gasteiger partial charge < -0.3 is 10.6 Å². The second-order valence-corrected chi connectivity index (χ2v) is 8.44. The van der Waals surface area contributed by atoms with Crippen LogP contribution in [0.4, 0.5) is 11.4 Å². The fourth-order valence-electron chi connectivity index (χ4n) is 3.94. The molecular weight excluding hydrogens is 392 g/mol. The van der Waals surface area contributed by atoms with E-state index in [4.69, 9.17) is 0 Å². The number of nitrogens with one attached hydrogen (secondary N) is 2. The van der Waals surface area contributed by atoms with Gasteiger partial charge in [0.1, 0.15) is 0 Å². The molecule has 0 saturated carbocycles. The number of hydrogen-bond donors (Lipinski definition) is 2. The van der Waals surface area contributed by atoms with E-state index in [2.05, 4.69) is 25.5 Å². The summed E-state index contributed by atoms with van der Waals surface area (Å²) in [7, 11) is 1.87. The van der Waals surface area contributed by atoms with Gasteiger partial charge in [-0.2, -0.15) is 5.10 Å². The van der Waals surface area contributed by atoms with E-state index in [0.29, 0.717) is 6.54 Å². The standard InChI is InChI=1S/C23H34N6O2/c1-15-8-7-9-20(16(15)2)24-21(30)14-28-10-12-29(13-11-28)19(5)23(31)25-22-17(3)26-27(6)18(22)4/h7-9,19H,10-14H2,1-6H3,(H,24,30)(H,25,31)/t19-/m0/s1. The number of amides is 2. The molecule has 168 valence electrons. The van der Waals surface area contributed by atoms with Crippen LogP contribution in [-0.2, 0) is 16.6 Å². The number of piperazine rings is 1. The molecule has 8 heteroatoms. The van der Waals surface area contributed by atoms with Crippen molar-refractivity contribution in [2.75, 3.05) is 43.4 Å². The van der Waals surface area contributed by atoms with E-state index < -0.39 is 0 Å². The Bertz CT molecular complexity index is 959. The Morgan fingerprint density at radius 3 is 2.35 bits per heavy atom. The molecule has 2 amide bonds. The zero-order chi connectivity index (χ0) is 22.7. The average Bonchev–Trinajstić information content (AvgIpc) is 2.97. The van der Waals surface area contributed by atoms with E-state index in [1.807, 2.05) is 59.9 Å². The fraction of sp³-hybridized carbons (Fsp3) is 0.522. The summed E-state index contributed by atoms with van der Waals surface area (Å²) in [6, 6.07) is 5.69. The zero-order valence-electron chi connectivity index (χ0n) is 19.5. The van der Waals surface area contributed by atoms with Crippen LogP contribution in [0.25, 0.3) is 0 Å². The first-order valence-electron chi connectivity index (χ1n) is 10.8. The molecule has 1 aromatic carbocycles. The smallest absolute Gasteiger partial charge is 0.241 e. The predicted octanol–water partition coefficient (Wildman–Crippen LogP) is 2.24. The molecule has 3 rings (SSSR count). The van der Waals surface area contributed by atoms with Crippen LogP contribution in [0.1, 0.15) is 29.4 Å². The van der Waals surface area contributed by atoms with Gasteiger partial charge >= 0.3 is 0 Å². The van der Waals surface area contributed by atoms with Gasteiger partial charge in [0.05, 0.1) is 29.7 Å². The van der Waals surface area contributed by atoms with Crippen molar-refractivity contribution in [1.82, 2.24) is 19.6 Å². The van der Waals surface area contributed by atoms with Gasteiger partial charge in [-0.15, -0.1) is 0 Å². The Morgan fingerprint density at radius 1 is 1.06 bits per heavy atom. The van der Waals surface area contributed by atoms with Gasteiger partial charge in [0.2, 0.25) is 11.8 Å². The summed E-state index contributed by atoms with van der Waals surface area (Å²) in [4.78, 5) is 29.6. The number of rotatable bonds is 6. The van der Waals surface area contributed by atoms with Crippen molar-refractivity contribution in [2.24, 2.45) is 7.05 Å². The summed E-state index contributed by atoms with van der Waals surface area (Å²) < 4.78 is 1.78. The van der Waals surface area contributed by atoms with Crippen LogP contribution in [0, 0.1) is 27.7 Å². The van der Waals surface area contributed by atoms with Crippen LogP contribution in [0.15, 0.2) is 18.2 Å². The van der Waals surface area contributed by atoms with E-state index in [9.17, 15) is 9.59 Å². The Kier molecular flexibility index (Phi) is 7.12. The second-order valence-electron chi connectivity index (χ2n) is 8.44. The third kappa shape index (κ3) is 5.32. The first kappa shape index (κ1) is 23.0. The first-order chi connectivity index (χ1) is 14.7. The van der Waals surface area contributed by atoms with Crippen LogP contribution in [-0.4, -0.2) is 70.2 Å². The fourth-order valence-corrected chi connectivity index (χ4v) is 3.94. The van der Waals surface area contributed by atoms with Crippen molar-refractivity contribution in [3.05, 3.63) is 40.7 Å². The van der Waals surface area contributed by atoms with Gasteiger partial charge in [0.15, 0.2) is 0 Å². The lowest BCUT2D eigenvalue weighted by Gasteiger charge is -2.37. The molecule has 0 bridgehead atoms. The van der Waals surface area contributed by atoms with Crippen molar-refractivity contribution in [1.29, 1.82) is 0 Å². The molecular formula is C23H34N6O2. The van der Waals surface area contributed by atoms with Crippen molar-refractivity contribution >= 4 is 23.2 Å². The molecule has 8 nitrogen and oxygen atoms in total. The van der Waals surface area contributed by atoms with Gasteiger partial charge in [-0.3, -0.25) is 24.1 Å². The number of carbonyl (C=O) groups excluding carboxylic acids is 2. The summed E-state index contributed by atoms with van der Waals surface area (Å²) in [5.74, 6) is -0.0317. The minimum absolute atomic E-state index is 0.00419. The van der Waals surface area contributed by atoms with Crippen LogP contribution >= 0.6 is 0 Å². The predicted molar refractivity (Wildman–Crippen MR) is 123 cm³/mol. The number of hydrogen-bond acceptors (Lipinski definition) is 5. The molecule has 1 atom stereocenters. The van der Waals surface area contributed by atoms with Crippen LogP contribution in [0.5, 0.6) is 0 Å². The molecule has 1 fully saturated rings. The molecule has 0 unspecified atom stereocenters. The lowest BCUT2D eigenvalue weighted by molar-refractivity contribution is -0.122. The van der Waals surface area contributed by atoms with Gasteiger partial charge in [-0.05, 0) is 51.8 Å². The molecule has 2 N–H and O–H groups in total. The zero-order valence-corrected chi connectivity index (χ0v) is 19.5. The van der Waals surface area contributed by atoms with Crippen LogP contribution in [0.3, 0.4) is 0 Å². The molecule has 1 aromatic heterocycles. The van der Waals surface area contributed by atoms with Crippen LogP contribution in [0.2, 0.25) is 0 Å². The normalized spacial score (nSPS) is 16.2. The number of anilines is 2. The highest BCUT2D eigenvalue weighted by atomic mass is 16.2. The number of nitrogens with zero attached hydrogens (tertiary/aromatic N) is 4. The number of aryl methyl sites for hydroxylation is 3.